The molecule has 0 saturated heterocycles. The Balaban J connectivity index is 2.61. The first kappa shape index (κ1) is 14.5. The number of rotatable bonds is 7. The van der Waals surface area contributed by atoms with Crippen LogP contribution in [0.15, 0.2) is 18.3 Å². The molecule has 0 aromatic carbocycles. The fraction of sp³-hybridized carbons (Fsp3) is 0.643. The monoisotopic (exact) mass is 254 g/mol. The third-order valence-electron chi connectivity index (χ3n) is 3.35. The Kier molecular flexibility index (Phi) is 6.53. The van der Waals surface area contributed by atoms with Gasteiger partial charge < -0.3 is 0 Å². The van der Waals surface area contributed by atoms with Crippen LogP contribution in [0.25, 0.3) is 0 Å². The van der Waals surface area contributed by atoms with Crippen LogP contribution < -0.4 is 0 Å². The molecule has 0 saturated carbocycles. The maximum Gasteiger partial charge on any atom is 0.133 e. The first-order chi connectivity index (χ1) is 8.21. The van der Waals surface area contributed by atoms with E-state index in [-0.39, 0.29) is 0 Å². The molecule has 0 aliphatic heterocycles. The van der Waals surface area contributed by atoms with Gasteiger partial charge in [-0.25, -0.2) is 4.98 Å². The van der Waals surface area contributed by atoms with Crippen molar-refractivity contribution in [1.82, 2.24) is 9.88 Å². The number of aromatic nitrogens is 1. The van der Waals surface area contributed by atoms with E-state index in [0.29, 0.717) is 5.15 Å². The minimum atomic E-state index is 0.635. The van der Waals surface area contributed by atoms with E-state index in [1.165, 1.54) is 12.8 Å². The van der Waals surface area contributed by atoms with Crippen molar-refractivity contribution in [3.8, 4) is 0 Å². The van der Waals surface area contributed by atoms with Crippen LogP contribution in [0.5, 0.6) is 0 Å². The van der Waals surface area contributed by atoms with E-state index in [1.807, 2.05) is 6.07 Å². The van der Waals surface area contributed by atoms with Crippen LogP contribution in [0.3, 0.4) is 0 Å². The van der Waals surface area contributed by atoms with Crippen molar-refractivity contribution in [2.45, 2.75) is 40.2 Å². The predicted molar refractivity (Wildman–Crippen MR) is 74.3 cm³/mol. The van der Waals surface area contributed by atoms with Crippen molar-refractivity contribution in [2.24, 2.45) is 5.92 Å². The summed E-state index contributed by atoms with van der Waals surface area (Å²) in [5.41, 5.74) is 1.13. The summed E-state index contributed by atoms with van der Waals surface area (Å²) in [5, 5.41) is 0.635. The minimum absolute atomic E-state index is 0.635. The van der Waals surface area contributed by atoms with Gasteiger partial charge in [-0.05, 0) is 18.5 Å². The average Bonchev–Trinajstić information content (AvgIpc) is 2.36. The van der Waals surface area contributed by atoms with E-state index in [1.54, 1.807) is 6.20 Å². The number of hydrogen-bond donors (Lipinski definition) is 0. The largest absolute Gasteiger partial charge is 0.299 e. The van der Waals surface area contributed by atoms with Crippen molar-refractivity contribution >= 4 is 11.6 Å². The zero-order valence-corrected chi connectivity index (χ0v) is 11.9. The van der Waals surface area contributed by atoms with Crippen LogP contribution in [0, 0.1) is 5.92 Å². The third kappa shape index (κ3) is 4.64. The Hall–Kier alpha value is -0.600. The maximum atomic E-state index is 6.09. The summed E-state index contributed by atoms with van der Waals surface area (Å²) in [6.07, 6.45) is 4.23. The summed E-state index contributed by atoms with van der Waals surface area (Å²) in [5.74, 6) is 0.783. The summed E-state index contributed by atoms with van der Waals surface area (Å²) in [7, 11) is 0. The molecule has 0 amide bonds. The Morgan fingerprint density at radius 1 is 1.29 bits per heavy atom. The van der Waals surface area contributed by atoms with Crippen molar-refractivity contribution in [1.29, 1.82) is 0 Å². The second-order valence-electron chi connectivity index (χ2n) is 4.46. The van der Waals surface area contributed by atoms with Crippen LogP contribution in [0.1, 0.15) is 39.2 Å². The molecule has 0 spiro atoms. The van der Waals surface area contributed by atoms with E-state index in [2.05, 4.69) is 36.7 Å². The van der Waals surface area contributed by atoms with E-state index in [9.17, 15) is 0 Å². The second-order valence-corrected chi connectivity index (χ2v) is 4.82. The Morgan fingerprint density at radius 2 is 2.00 bits per heavy atom. The number of halogens is 1. The van der Waals surface area contributed by atoms with Gasteiger partial charge in [0.05, 0.1) is 0 Å². The van der Waals surface area contributed by atoms with E-state index >= 15 is 0 Å². The molecule has 3 heteroatoms. The first-order valence-electron chi connectivity index (χ1n) is 6.52. The Morgan fingerprint density at radius 3 is 2.53 bits per heavy atom. The lowest BCUT2D eigenvalue weighted by atomic mass is 10.0. The molecular formula is C14H23ClN2. The number of nitrogens with zero attached hydrogens (tertiary/aromatic N) is 2. The normalized spacial score (nSPS) is 11.4. The first-order valence-corrected chi connectivity index (χ1v) is 6.90. The van der Waals surface area contributed by atoms with E-state index < -0.39 is 0 Å². The highest BCUT2D eigenvalue weighted by Gasteiger charge is 2.11. The number of pyridine rings is 1. The predicted octanol–water partition coefficient (Wildman–Crippen LogP) is 3.99. The summed E-state index contributed by atoms with van der Waals surface area (Å²) in [6, 6.07) is 4.01. The molecule has 0 bridgehead atoms. The summed E-state index contributed by atoms with van der Waals surface area (Å²) in [6.45, 7) is 9.83. The topological polar surface area (TPSA) is 16.1 Å². The summed E-state index contributed by atoms with van der Waals surface area (Å²) >= 11 is 6.09. The smallest absolute Gasteiger partial charge is 0.133 e. The highest BCUT2D eigenvalue weighted by Crippen LogP contribution is 2.16. The Labute approximate surface area is 110 Å². The molecule has 0 radical (unpaired) electrons. The van der Waals surface area contributed by atoms with Crippen LogP contribution in [0.4, 0.5) is 0 Å². The molecular weight excluding hydrogens is 232 g/mol. The van der Waals surface area contributed by atoms with Gasteiger partial charge in [-0.1, -0.05) is 51.3 Å². The fourth-order valence-corrected chi connectivity index (χ4v) is 2.17. The van der Waals surface area contributed by atoms with Crippen LogP contribution in [-0.4, -0.2) is 23.0 Å². The van der Waals surface area contributed by atoms with Gasteiger partial charge in [0.2, 0.25) is 0 Å². The van der Waals surface area contributed by atoms with Crippen LogP contribution >= 0.6 is 11.6 Å². The average molecular weight is 255 g/mol. The maximum absolute atomic E-state index is 6.09. The molecule has 0 atom stereocenters. The van der Waals surface area contributed by atoms with Gasteiger partial charge in [-0.2, -0.15) is 0 Å². The quantitative estimate of drug-likeness (QED) is 0.684. The van der Waals surface area contributed by atoms with Gasteiger partial charge in [0.15, 0.2) is 0 Å². The molecule has 1 rings (SSSR count). The molecule has 2 nitrogen and oxygen atoms in total. The van der Waals surface area contributed by atoms with Crippen molar-refractivity contribution in [3.05, 3.63) is 29.0 Å². The molecule has 96 valence electrons. The molecule has 1 aromatic heterocycles. The van der Waals surface area contributed by atoms with Gasteiger partial charge >= 0.3 is 0 Å². The molecule has 0 aliphatic carbocycles. The zero-order chi connectivity index (χ0) is 12.7. The molecule has 0 fully saturated rings. The molecule has 17 heavy (non-hydrogen) atoms. The molecule has 1 heterocycles. The van der Waals surface area contributed by atoms with Gasteiger partial charge in [-0.3, -0.25) is 4.90 Å². The molecule has 1 aromatic rings. The number of hydrogen-bond acceptors (Lipinski definition) is 2. The molecule has 0 N–H and O–H groups in total. The minimum Gasteiger partial charge on any atom is -0.299 e. The lowest BCUT2D eigenvalue weighted by Crippen LogP contribution is -2.28. The van der Waals surface area contributed by atoms with E-state index in [4.69, 9.17) is 11.6 Å². The van der Waals surface area contributed by atoms with E-state index in [0.717, 1.165) is 31.1 Å². The Bertz CT molecular complexity index is 324. The van der Waals surface area contributed by atoms with Gasteiger partial charge in [0.25, 0.3) is 0 Å². The van der Waals surface area contributed by atoms with Crippen molar-refractivity contribution in [3.63, 3.8) is 0 Å². The van der Waals surface area contributed by atoms with Gasteiger partial charge in [0, 0.05) is 24.8 Å². The van der Waals surface area contributed by atoms with Crippen molar-refractivity contribution in [2.75, 3.05) is 13.1 Å². The summed E-state index contributed by atoms with van der Waals surface area (Å²) < 4.78 is 0. The van der Waals surface area contributed by atoms with Gasteiger partial charge in [0.1, 0.15) is 5.15 Å². The second kappa shape index (κ2) is 7.67. The van der Waals surface area contributed by atoms with Gasteiger partial charge in [-0.15, -0.1) is 0 Å². The standard InChI is InChI=1S/C14H23ClN2/c1-4-12(5-2)10-17(6-3)11-13-8-7-9-16-14(13)15/h7-9,12H,4-6,10-11H2,1-3H3. The third-order valence-corrected chi connectivity index (χ3v) is 3.69. The fourth-order valence-electron chi connectivity index (χ4n) is 2.00. The lowest BCUT2D eigenvalue weighted by Gasteiger charge is -2.25. The van der Waals surface area contributed by atoms with Crippen LogP contribution in [-0.2, 0) is 6.54 Å². The zero-order valence-electron chi connectivity index (χ0n) is 11.1. The lowest BCUT2D eigenvalue weighted by molar-refractivity contribution is 0.226. The van der Waals surface area contributed by atoms with Crippen LogP contribution in [0.2, 0.25) is 5.15 Å². The van der Waals surface area contributed by atoms with Crippen molar-refractivity contribution < 1.29 is 0 Å². The molecule has 0 unspecified atom stereocenters. The highest BCUT2D eigenvalue weighted by molar-refractivity contribution is 6.30. The SMILES string of the molecule is CCC(CC)CN(CC)Cc1cccnc1Cl. The highest BCUT2D eigenvalue weighted by atomic mass is 35.5. The molecule has 0 aliphatic rings. The summed E-state index contributed by atoms with van der Waals surface area (Å²) in [4.78, 5) is 6.57.